The number of amides is 1. The average Bonchev–Trinajstić information content (AvgIpc) is 2.47. The summed E-state index contributed by atoms with van der Waals surface area (Å²) in [6, 6.07) is 3.89. The molecule has 1 fully saturated rings. The molecule has 104 valence electrons. The fourth-order valence-corrected chi connectivity index (χ4v) is 2.14. The van der Waals surface area contributed by atoms with E-state index in [1.54, 1.807) is 17.3 Å². The lowest BCUT2D eigenvalue weighted by Crippen LogP contribution is -2.45. The number of pyridine rings is 1. The predicted molar refractivity (Wildman–Crippen MR) is 72.8 cm³/mol. The molecule has 5 heteroatoms. The Morgan fingerprint density at radius 1 is 1.53 bits per heavy atom. The quantitative estimate of drug-likeness (QED) is 0.838. The maximum atomic E-state index is 12.0. The number of nitrogens with zero attached hydrogens (tertiary/aromatic N) is 2. The largest absolute Gasteiger partial charge is 0.374 e. The zero-order valence-corrected chi connectivity index (χ0v) is 11.3. The van der Waals surface area contributed by atoms with Crippen LogP contribution in [0, 0.1) is 0 Å². The lowest BCUT2D eigenvalue weighted by molar-refractivity contribution is -0.132. The molecule has 1 saturated heterocycles. The van der Waals surface area contributed by atoms with Crippen LogP contribution < -0.4 is 5.32 Å². The van der Waals surface area contributed by atoms with Crippen molar-refractivity contribution in [3.63, 3.8) is 0 Å². The van der Waals surface area contributed by atoms with Crippen LogP contribution in [-0.4, -0.2) is 55.2 Å². The third-order valence-electron chi connectivity index (χ3n) is 3.28. The van der Waals surface area contributed by atoms with Gasteiger partial charge in [-0.25, -0.2) is 0 Å². The standard InChI is InChI=1S/C14H21N3O2/c1-17(11-13-10-16-8-9-19-13)14(18)3-2-12-4-6-15-7-5-12/h4-7,13,16H,2-3,8-11H2,1H3. The molecule has 1 N–H and O–H groups in total. The summed E-state index contributed by atoms with van der Waals surface area (Å²) >= 11 is 0. The van der Waals surface area contributed by atoms with E-state index in [1.807, 2.05) is 19.2 Å². The van der Waals surface area contributed by atoms with Gasteiger partial charge in [0, 0.05) is 45.5 Å². The van der Waals surface area contributed by atoms with Gasteiger partial charge in [0.25, 0.3) is 0 Å². The zero-order valence-electron chi connectivity index (χ0n) is 11.3. The molecule has 0 aromatic carbocycles. The molecule has 1 aliphatic rings. The van der Waals surface area contributed by atoms with Gasteiger partial charge in [-0.05, 0) is 24.1 Å². The number of hydrogen-bond acceptors (Lipinski definition) is 4. The van der Waals surface area contributed by atoms with Gasteiger partial charge in [-0.15, -0.1) is 0 Å². The molecule has 2 rings (SSSR count). The van der Waals surface area contributed by atoms with E-state index >= 15 is 0 Å². The molecular weight excluding hydrogens is 242 g/mol. The molecule has 0 bridgehead atoms. The van der Waals surface area contributed by atoms with E-state index in [1.165, 1.54) is 0 Å². The highest BCUT2D eigenvalue weighted by atomic mass is 16.5. The fraction of sp³-hybridized carbons (Fsp3) is 0.571. The SMILES string of the molecule is CN(CC1CNCCO1)C(=O)CCc1ccncc1. The molecule has 1 aromatic heterocycles. The summed E-state index contributed by atoms with van der Waals surface area (Å²) in [7, 11) is 1.84. The van der Waals surface area contributed by atoms with Crippen LogP contribution in [0.2, 0.25) is 0 Å². The first-order valence-electron chi connectivity index (χ1n) is 6.71. The number of nitrogens with one attached hydrogen (secondary N) is 1. The monoisotopic (exact) mass is 263 g/mol. The zero-order chi connectivity index (χ0) is 13.5. The topological polar surface area (TPSA) is 54.5 Å². The number of carbonyl (C=O) groups excluding carboxylic acids is 1. The predicted octanol–water partition coefficient (Wildman–Crippen LogP) is 0.461. The number of carbonyl (C=O) groups is 1. The van der Waals surface area contributed by atoms with Gasteiger partial charge in [0.2, 0.25) is 5.91 Å². The van der Waals surface area contributed by atoms with Crippen molar-refractivity contribution in [3.8, 4) is 0 Å². The molecule has 0 aliphatic carbocycles. The molecule has 0 radical (unpaired) electrons. The van der Waals surface area contributed by atoms with Crippen molar-refractivity contribution in [2.75, 3.05) is 33.3 Å². The van der Waals surface area contributed by atoms with Crippen molar-refractivity contribution in [2.45, 2.75) is 18.9 Å². The van der Waals surface area contributed by atoms with Crippen molar-refractivity contribution >= 4 is 5.91 Å². The van der Waals surface area contributed by atoms with E-state index in [-0.39, 0.29) is 12.0 Å². The van der Waals surface area contributed by atoms with Gasteiger partial charge < -0.3 is 15.0 Å². The summed E-state index contributed by atoms with van der Waals surface area (Å²) in [6.45, 7) is 3.10. The number of likely N-dealkylation sites (N-methyl/N-ethyl adjacent to an activating group) is 1. The van der Waals surface area contributed by atoms with Crippen molar-refractivity contribution in [3.05, 3.63) is 30.1 Å². The molecule has 2 heterocycles. The number of ether oxygens (including phenoxy) is 1. The molecule has 1 atom stereocenters. The summed E-state index contributed by atoms with van der Waals surface area (Å²) in [6.07, 6.45) is 4.91. The molecular formula is C14H21N3O2. The van der Waals surface area contributed by atoms with Gasteiger partial charge in [0.1, 0.15) is 0 Å². The lowest BCUT2D eigenvalue weighted by Gasteiger charge is -2.28. The Morgan fingerprint density at radius 3 is 3.00 bits per heavy atom. The van der Waals surface area contributed by atoms with Crippen LogP contribution in [0.4, 0.5) is 0 Å². The van der Waals surface area contributed by atoms with E-state index in [0.29, 0.717) is 13.0 Å². The van der Waals surface area contributed by atoms with Crippen LogP contribution in [0.1, 0.15) is 12.0 Å². The number of hydrogen-bond donors (Lipinski definition) is 1. The fourth-order valence-electron chi connectivity index (χ4n) is 2.14. The highest BCUT2D eigenvalue weighted by Crippen LogP contribution is 2.05. The molecule has 1 aromatic rings. The van der Waals surface area contributed by atoms with Crippen LogP contribution in [0.15, 0.2) is 24.5 Å². The van der Waals surface area contributed by atoms with E-state index in [0.717, 1.165) is 31.7 Å². The third kappa shape index (κ3) is 4.61. The second-order valence-electron chi connectivity index (χ2n) is 4.83. The minimum atomic E-state index is 0.114. The van der Waals surface area contributed by atoms with Gasteiger partial charge in [-0.1, -0.05) is 0 Å². The summed E-state index contributed by atoms with van der Waals surface area (Å²) < 4.78 is 5.60. The first-order chi connectivity index (χ1) is 9.25. The van der Waals surface area contributed by atoms with Crippen LogP contribution in [0.3, 0.4) is 0 Å². The van der Waals surface area contributed by atoms with Crippen molar-refractivity contribution < 1.29 is 9.53 Å². The van der Waals surface area contributed by atoms with Gasteiger partial charge in [0.15, 0.2) is 0 Å². The van der Waals surface area contributed by atoms with Crippen LogP contribution in [-0.2, 0) is 16.0 Å². The summed E-state index contributed by atoms with van der Waals surface area (Å²) in [5.41, 5.74) is 1.15. The highest BCUT2D eigenvalue weighted by Gasteiger charge is 2.18. The third-order valence-corrected chi connectivity index (χ3v) is 3.28. The Balaban J connectivity index is 1.72. The normalized spacial score (nSPS) is 19.1. The van der Waals surface area contributed by atoms with Gasteiger partial charge in [0.05, 0.1) is 12.7 Å². The second kappa shape index (κ2) is 7.21. The van der Waals surface area contributed by atoms with E-state index < -0.39 is 0 Å². The van der Waals surface area contributed by atoms with Gasteiger partial charge in [-0.2, -0.15) is 0 Å². The molecule has 0 saturated carbocycles. The average molecular weight is 263 g/mol. The highest BCUT2D eigenvalue weighted by molar-refractivity contribution is 5.76. The summed E-state index contributed by atoms with van der Waals surface area (Å²) in [4.78, 5) is 17.8. The van der Waals surface area contributed by atoms with E-state index in [4.69, 9.17) is 4.74 Å². The minimum Gasteiger partial charge on any atom is -0.374 e. The van der Waals surface area contributed by atoms with Crippen LogP contribution in [0.25, 0.3) is 0 Å². The Bertz CT molecular complexity index is 391. The van der Waals surface area contributed by atoms with E-state index in [9.17, 15) is 4.79 Å². The Morgan fingerprint density at radius 2 is 2.32 bits per heavy atom. The smallest absolute Gasteiger partial charge is 0.222 e. The van der Waals surface area contributed by atoms with Gasteiger partial charge in [-0.3, -0.25) is 9.78 Å². The van der Waals surface area contributed by atoms with E-state index in [2.05, 4.69) is 10.3 Å². The first-order valence-corrected chi connectivity index (χ1v) is 6.71. The second-order valence-corrected chi connectivity index (χ2v) is 4.83. The first kappa shape index (κ1) is 14.0. The molecule has 5 nitrogen and oxygen atoms in total. The summed E-state index contributed by atoms with van der Waals surface area (Å²) in [5.74, 6) is 0.158. The van der Waals surface area contributed by atoms with Crippen molar-refractivity contribution in [1.29, 1.82) is 0 Å². The maximum Gasteiger partial charge on any atom is 0.222 e. The molecule has 1 unspecified atom stereocenters. The molecule has 0 spiro atoms. The maximum absolute atomic E-state index is 12.0. The lowest BCUT2D eigenvalue weighted by atomic mass is 10.1. The Kier molecular flexibility index (Phi) is 5.30. The van der Waals surface area contributed by atoms with Crippen molar-refractivity contribution in [1.82, 2.24) is 15.2 Å². The van der Waals surface area contributed by atoms with Crippen molar-refractivity contribution in [2.24, 2.45) is 0 Å². The summed E-state index contributed by atoms with van der Waals surface area (Å²) in [5, 5.41) is 3.27. The van der Waals surface area contributed by atoms with Crippen LogP contribution >= 0.6 is 0 Å². The molecule has 19 heavy (non-hydrogen) atoms. The van der Waals surface area contributed by atoms with Crippen LogP contribution in [0.5, 0.6) is 0 Å². The minimum absolute atomic E-state index is 0.114. The number of aromatic nitrogens is 1. The number of aryl methyl sites for hydroxylation is 1. The number of morpholine rings is 1. The number of rotatable bonds is 5. The molecule has 1 amide bonds. The van der Waals surface area contributed by atoms with Gasteiger partial charge >= 0.3 is 0 Å². The Hall–Kier alpha value is -1.46. The Labute approximate surface area is 114 Å². The molecule has 1 aliphatic heterocycles.